The average molecular weight is 321 g/mol. The zero-order valence-corrected chi connectivity index (χ0v) is 13.7. The molecule has 0 radical (unpaired) electrons. The van der Waals surface area contributed by atoms with Crippen molar-refractivity contribution in [1.82, 2.24) is 24.9 Å². The van der Waals surface area contributed by atoms with Crippen molar-refractivity contribution < 1.29 is 4.79 Å². The molecule has 1 fully saturated rings. The van der Waals surface area contributed by atoms with E-state index in [-0.39, 0.29) is 11.9 Å². The van der Waals surface area contributed by atoms with Crippen molar-refractivity contribution in [2.24, 2.45) is 5.92 Å². The number of hydrogen-bond acceptors (Lipinski definition) is 4. The molecule has 6 nitrogen and oxygen atoms in total. The molecule has 0 aromatic carbocycles. The molecule has 1 aliphatic rings. The molecule has 24 heavy (non-hydrogen) atoms. The second kappa shape index (κ2) is 5.70. The Hall–Kier alpha value is -2.76. The first-order valence-electron chi connectivity index (χ1n) is 8.20. The van der Waals surface area contributed by atoms with Gasteiger partial charge >= 0.3 is 0 Å². The van der Waals surface area contributed by atoms with E-state index in [1.165, 1.54) is 12.8 Å². The lowest BCUT2D eigenvalue weighted by molar-refractivity contribution is 0.0937. The van der Waals surface area contributed by atoms with Gasteiger partial charge in [0.1, 0.15) is 5.56 Å². The summed E-state index contributed by atoms with van der Waals surface area (Å²) in [5, 5.41) is 7.39. The molecular weight excluding hydrogens is 302 g/mol. The summed E-state index contributed by atoms with van der Waals surface area (Å²) < 4.78 is 1.70. The summed E-state index contributed by atoms with van der Waals surface area (Å²) in [7, 11) is 0. The summed E-state index contributed by atoms with van der Waals surface area (Å²) in [5.74, 6) is 0.496. The van der Waals surface area contributed by atoms with Crippen LogP contribution >= 0.6 is 0 Å². The number of carbonyl (C=O) groups is 1. The molecule has 3 heterocycles. The maximum atomic E-state index is 12.6. The Morgan fingerprint density at radius 2 is 2.21 bits per heavy atom. The van der Waals surface area contributed by atoms with Crippen LogP contribution < -0.4 is 5.32 Å². The number of fused-ring (bicyclic) bond motifs is 1. The Kier molecular flexibility index (Phi) is 3.52. The van der Waals surface area contributed by atoms with Crippen molar-refractivity contribution in [3.63, 3.8) is 0 Å². The molecule has 0 spiro atoms. The molecule has 122 valence electrons. The van der Waals surface area contributed by atoms with E-state index < -0.39 is 0 Å². The van der Waals surface area contributed by atoms with Crippen molar-refractivity contribution in [2.45, 2.75) is 32.7 Å². The molecule has 3 aromatic rings. The predicted octanol–water partition coefficient (Wildman–Crippen LogP) is 2.63. The van der Waals surface area contributed by atoms with Crippen molar-refractivity contribution in [1.29, 1.82) is 0 Å². The van der Waals surface area contributed by atoms with E-state index in [2.05, 4.69) is 27.3 Å². The summed E-state index contributed by atoms with van der Waals surface area (Å²) in [4.78, 5) is 21.4. The second-order valence-corrected chi connectivity index (χ2v) is 6.42. The van der Waals surface area contributed by atoms with Gasteiger partial charge in [0.2, 0.25) is 0 Å². The normalized spacial score (nSPS) is 15.4. The topological polar surface area (TPSA) is 72.2 Å². The quantitative estimate of drug-likeness (QED) is 0.802. The highest BCUT2D eigenvalue weighted by atomic mass is 16.1. The molecule has 0 saturated heterocycles. The third kappa shape index (κ3) is 2.64. The van der Waals surface area contributed by atoms with E-state index in [1.54, 1.807) is 23.1 Å². The lowest BCUT2D eigenvalue weighted by Crippen LogP contribution is -2.34. The molecule has 0 bridgehead atoms. The monoisotopic (exact) mass is 321 g/mol. The number of nitrogens with zero attached hydrogens (tertiary/aromatic N) is 4. The fourth-order valence-electron chi connectivity index (χ4n) is 2.93. The first kappa shape index (κ1) is 14.8. The summed E-state index contributed by atoms with van der Waals surface area (Å²) in [6.45, 7) is 4.01. The van der Waals surface area contributed by atoms with Gasteiger partial charge in [0.15, 0.2) is 5.65 Å². The Morgan fingerprint density at radius 1 is 1.38 bits per heavy atom. The molecule has 1 amide bonds. The van der Waals surface area contributed by atoms with Gasteiger partial charge in [0.25, 0.3) is 5.91 Å². The standard InChI is InChI=1S/C18H19N5O/c1-11-8-16(14-4-3-7-19-9-14)22-17-15(10-20-23(11)17)18(24)21-12(2)13-5-6-13/h3-4,7-10,12-13H,5-6H2,1-2H3,(H,21,24)/t12-/m0/s1. The highest BCUT2D eigenvalue weighted by Crippen LogP contribution is 2.32. The molecule has 0 unspecified atom stereocenters. The summed E-state index contributed by atoms with van der Waals surface area (Å²) >= 11 is 0. The molecule has 6 heteroatoms. The number of rotatable bonds is 4. The number of aromatic nitrogens is 4. The summed E-state index contributed by atoms with van der Waals surface area (Å²) in [6, 6.07) is 5.97. The van der Waals surface area contributed by atoms with Gasteiger partial charge in [-0.15, -0.1) is 0 Å². The van der Waals surface area contributed by atoms with Gasteiger partial charge in [-0.25, -0.2) is 9.50 Å². The second-order valence-electron chi connectivity index (χ2n) is 6.42. The molecule has 1 atom stereocenters. The van der Waals surface area contributed by atoms with E-state index >= 15 is 0 Å². The first-order chi connectivity index (χ1) is 11.6. The number of hydrogen-bond donors (Lipinski definition) is 1. The van der Waals surface area contributed by atoms with Crippen LogP contribution in [0.25, 0.3) is 16.9 Å². The highest BCUT2D eigenvalue weighted by Gasteiger charge is 2.29. The van der Waals surface area contributed by atoms with Crippen LogP contribution in [0.2, 0.25) is 0 Å². The highest BCUT2D eigenvalue weighted by molar-refractivity contribution is 6.00. The van der Waals surface area contributed by atoms with Crippen LogP contribution in [0.4, 0.5) is 0 Å². The number of carbonyl (C=O) groups excluding carboxylic acids is 1. The van der Waals surface area contributed by atoms with Crippen LogP contribution in [0.1, 0.15) is 35.8 Å². The Labute approximate surface area is 139 Å². The number of amides is 1. The van der Waals surface area contributed by atoms with Crippen LogP contribution in [0.3, 0.4) is 0 Å². The van der Waals surface area contributed by atoms with Gasteiger partial charge in [-0.1, -0.05) is 0 Å². The van der Waals surface area contributed by atoms with Crippen LogP contribution in [-0.2, 0) is 0 Å². The van der Waals surface area contributed by atoms with Crippen molar-refractivity contribution in [2.75, 3.05) is 0 Å². The van der Waals surface area contributed by atoms with Crippen LogP contribution in [0.15, 0.2) is 36.8 Å². The maximum Gasteiger partial charge on any atom is 0.256 e. The average Bonchev–Trinajstić information content (AvgIpc) is 3.35. The molecular formula is C18H19N5O. The first-order valence-corrected chi connectivity index (χ1v) is 8.20. The SMILES string of the molecule is Cc1cc(-c2cccnc2)nc2c(C(=O)N[C@@H](C)C3CC3)cnn12. The Bertz CT molecular complexity index is 898. The van der Waals surface area contributed by atoms with Gasteiger partial charge in [-0.3, -0.25) is 9.78 Å². The molecule has 4 rings (SSSR count). The van der Waals surface area contributed by atoms with Gasteiger partial charge in [0, 0.05) is 29.7 Å². The van der Waals surface area contributed by atoms with E-state index in [4.69, 9.17) is 0 Å². The Morgan fingerprint density at radius 3 is 2.92 bits per heavy atom. The van der Waals surface area contributed by atoms with Crippen LogP contribution in [-0.4, -0.2) is 31.5 Å². The van der Waals surface area contributed by atoms with E-state index in [0.29, 0.717) is 17.1 Å². The smallest absolute Gasteiger partial charge is 0.256 e. The summed E-state index contributed by atoms with van der Waals surface area (Å²) in [6.07, 6.45) is 7.48. The lowest BCUT2D eigenvalue weighted by Gasteiger charge is -2.12. The number of aryl methyl sites for hydroxylation is 1. The van der Waals surface area contributed by atoms with Gasteiger partial charge in [0.05, 0.1) is 11.9 Å². The van der Waals surface area contributed by atoms with E-state index in [0.717, 1.165) is 17.0 Å². The molecule has 0 aliphatic heterocycles. The molecule has 1 saturated carbocycles. The molecule has 3 aromatic heterocycles. The third-order valence-corrected chi connectivity index (χ3v) is 4.54. The van der Waals surface area contributed by atoms with Gasteiger partial charge in [-0.05, 0) is 50.8 Å². The van der Waals surface area contributed by atoms with Crippen LogP contribution in [0, 0.1) is 12.8 Å². The third-order valence-electron chi connectivity index (χ3n) is 4.54. The zero-order chi connectivity index (χ0) is 16.7. The Balaban J connectivity index is 1.74. The largest absolute Gasteiger partial charge is 0.349 e. The van der Waals surface area contributed by atoms with Crippen molar-refractivity contribution >= 4 is 11.6 Å². The fourth-order valence-corrected chi connectivity index (χ4v) is 2.93. The predicted molar refractivity (Wildman–Crippen MR) is 90.6 cm³/mol. The van der Waals surface area contributed by atoms with Gasteiger partial charge < -0.3 is 5.32 Å². The lowest BCUT2D eigenvalue weighted by atomic mass is 10.1. The molecule has 1 N–H and O–H groups in total. The van der Waals surface area contributed by atoms with Crippen LogP contribution in [0.5, 0.6) is 0 Å². The zero-order valence-electron chi connectivity index (χ0n) is 13.7. The van der Waals surface area contributed by atoms with Gasteiger partial charge in [-0.2, -0.15) is 5.10 Å². The summed E-state index contributed by atoms with van der Waals surface area (Å²) in [5.41, 5.74) is 3.72. The maximum absolute atomic E-state index is 12.6. The van der Waals surface area contributed by atoms with E-state index in [1.807, 2.05) is 25.1 Å². The number of pyridine rings is 1. The van der Waals surface area contributed by atoms with E-state index in [9.17, 15) is 4.79 Å². The van der Waals surface area contributed by atoms with Crippen molar-refractivity contribution in [3.05, 3.63) is 48.0 Å². The minimum atomic E-state index is -0.111. The minimum absolute atomic E-state index is 0.111. The fraction of sp³-hybridized carbons (Fsp3) is 0.333. The van der Waals surface area contributed by atoms with Crippen molar-refractivity contribution in [3.8, 4) is 11.3 Å². The molecule has 1 aliphatic carbocycles. The number of nitrogens with one attached hydrogen (secondary N) is 1. The minimum Gasteiger partial charge on any atom is -0.349 e.